The summed E-state index contributed by atoms with van der Waals surface area (Å²) in [5, 5.41) is 12.7. The van der Waals surface area contributed by atoms with Crippen LogP contribution in [0.15, 0.2) is 18.2 Å². The van der Waals surface area contributed by atoms with Gasteiger partial charge in [-0.2, -0.15) is 11.8 Å². The first-order valence-electron chi connectivity index (χ1n) is 6.34. The molecule has 0 saturated heterocycles. The van der Waals surface area contributed by atoms with Crippen molar-refractivity contribution in [3.05, 3.63) is 23.8 Å². The average molecular weight is 283 g/mol. The topological polar surface area (TPSA) is 58.6 Å². The zero-order valence-corrected chi connectivity index (χ0v) is 12.4. The monoisotopic (exact) mass is 283 g/mol. The van der Waals surface area contributed by atoms with Gasteiger partial charge < -0.3 is 15.2 Å². The summed E-state index contributed by atoms with van der Waals surface area (Å²) < 4.78 is 4.98. The van der Waals surface area contributed by atoms with E-state index in [4.69, 9.17) is 4.74 Å². The highest BCUT2D eigenvalue weighted by Gasteiger charge is 2.14. The summed E-state index contributed by atoms with van der Waals surface area (Å²) in [6.45, 7) is 4.08. The summed E-state index contributed by atoms with van der Waals surface area (Å²) in [7, 11) is 1.52. The molecular weight excluding hydrogens is 262 g/mol. The Balaban J connectivity index is 2.57. The highest BCUT2D eigenvalue weighted by Crippen LogP contribution is 2.23. The molecule has 1 aromatic carbocycles. The van der Waals surface area contributed by atoms with Crippen LogP contribution in [0.4, 0.5) is 0 Å². The molecular formula is C14H21NO3S. The maximum absolute atomic E-state index is 12.0. The third-order valence-corrected chi connectivity index (χ3v) is 3.66. The van der Waals surface area contributed by atoms with Crippen molar-refractivity contribution >= 4 is 17.7 Å². The molecule has 1 amide bonds. The van der Waals surface area contributed by atoms with Gasteiger partial charge in [0, 0.05) is 12.1 Å². The molecule has 0 aromatic heterocycles. The second-order valence-electron chi connectivity index (χ2n) is 4.24. The van der Waals surface area contributed by atoms with Gasteiger partial charge in [0.2, 0.25) is 0 Å². The van der Waals surface area contributed by atoms with Crippen molar-refractivity contribution in [1.29, 1.82) is 0 Å². The molecule has 0 bridgehead atoms. The quantitative estimate of drug-likeness (QED) is 0.755. The van der Waals surface area contributed by atoms with E-state index < -0.39 is 0 Å². The molecule has 0 aliphatic rings. The lowest BCUT2D eigenvalue weighted by Gasteiger charge is -2.14. The number of aromatic hydroxyl groups is 1. The number of nitrogens with one attached hydrogen (secondary N) is 1. The van der Waals surface area contributed by atoms with Gasteiger partial charge in [-0.1, -0.05) is 6.92 Å². The minimum absolute atomic E-state index is 0.0630. The number of thioether (sulfide) groups is 1. The Kier molecular flexibility index (Phi) is 6.56. The molecule has 0 saturated carbocycles. The molecule has 1 aromatic rings. The Morgan fingerprint density at radius 1 is 1.53 bits per heavy atom. The van der Waals surface area contributed by atoms with Crippen LogP contribution in [-0.2, 0) is 0 Å². The van der Waals surface area contributed by atoms with Crippen molar-refractivity contribution in [2.24, 2.45) is 0 Å². The Labute approximate surface area is 118 Å². The second-order valence-corrected chi connectivity index (χ2v) is 5.64. The van der Waals surface area contributed by atoms with E-state index in [1.54, 1.807) is 12.1 Å². The highest BCUT2D eigenvalue weighted by atomic mass is 32.2. The van der Waals surface area contributed by atoms with Crippen LogP contribution in [-0.4, -0.2) is 35.7 Å². The molecule has 5 heteroatoms. The molecule has 0 spiro atoms. The first kappa shape index (κ1) is 15.7. The fraction of sp³-hybridized carbons (Fsp3) is 0.500. The van der Waals surface area contributed by atoms with Gasteiger partial charge in [-0.05, 0) is 37.0 Å². The molecule has 1 unspecified atom stereocenters. The van der Waals surface area contributed by atoms with E-state index in [1.165, 1.54) is 13.2 Å². The highest BCUT2D eigenvalue weighted by molar-refractivity contribution is 7.99. The third-order valence-electron chi connectivity index (χ3n) is 2.73. The molecule has 0 fully saturated rings. The van der Waals surface area contributed by atoms with E-state index in [2.05, 4.69) is 12.2 Å². The largest absolute Gasteiger partial charge is 0.507 e. The number of carbonyl (C=O) groups is 1. The number of carbonyl (C=O) groups excluding carboxylic acids is 1. The molecule has 0 radical (unpaired) electrons. The van der Waals surface area contributed by atoms with Gasteiger partial charge in [0.1, 0.15) is 11.5 Å². The minimum atomic E-state index is -0.255. The number of phenolic OH excluding ortho intramolecular Hbond substituents is 1. The molecule has 1 atom stereocenters. The molecule has 4 nitrogen and oxygen atoms in total. The summed E-state index contributed by atoms with van der Waals surface area (Å²) in [5.74, 6) is 2.31. The maximum atomic E-state index is 12.0. The van der Waals surface area contributed by atoms with Crippen LogP contribution >= 0.6 is 11.8 Å². The zero-order valence-electron chi connectivity index (χ0n) is 11.6. The molecule has 0 heterocycles. The van der Waals surface area contributed by atoms with E-state index >= 15 is 0 Å². The second kappa shape index (κ2) is 7.94. The van der Waals surface area contributed by atoms with Gasteiger partial charge >= 0.3 is 0 Å². The van der Waals surface area contributed by atoms with Crippen molar-refractivity contribution in [3.63, 3.8) is 0 Å². The van der Waals surface area contributed by atoms with Gasteiger partial charge in [0.15, 0.2) is 0 Å². The van der Waals surface area contributed by atoms with Gasteiger partial charge in [-0.25, -0.2) is 0 Å². The Morgan fingerprint density at radius 3 is 2.84 bits per heavy atom. The first-order chi connectivity index (χ1) is 9.08. The number of amides is 1. The van der Waals surface area contributed by atoms with Gasteiger partial charge in [0.05, 0.1) is 12.7 Å². The van der Waals surface area contributed by atoms with E-state index in [0.717, 1.165) is 17.9 Å². The first-order valence-corrected chi connectivity index (χ1v) is 7.49. The van der Waals surface area contributed by atoms with Gasteiger partial charge in [-0.15, -0.1) is 0 Å². The number of rotatable bonds is 7. The Morgan fingerprint density at radius 2 is 2.26 bits per heavy atom. The lowest BCUT2D eigenvalue weighted by atomic mass is 10.1. The van der Waals surface area contributed by atoms with Gasteiger partial charge in [-0.3, -0.25) is 4.79 Å². The van der Waals surface area contributed by atoms with E-state index in [-0.39, 0.29) is 23.3 Å². The number of benzene rings is 1. The molecule has 2 N–H and O–H groups in total. The summed E-state index contributed by atoms with van der Waals surface area (Å²) in [6, 6.07) is 4.75. The van der Waals surface area contributed by atoms with E-state index in [1.807, 2.05) is 18.7 Å². The van der Waals surface area contributed by atoms with E-state index in [9.17, 15) is 9.90 Å². The van der Waals surface area contributed by atoms with Crippen LogP contribution < -0.4 is 10.1 Å². The summed E-state index contributed by atoms with van der Waals surface area (Å²) in [6.07, 6.45) is 0.918. The fourth-order valence-corrected chi connectivity index (χ4v) is 2.42. The lowest BCUT2D eigenvalue weighted by molar-refractivity contribution is 0.0937. The predicted octanol–water partition coefficient (Wildman–Crippen LogP) is 2.66. The molecule has 1 rings (SSSR count). The average Bonchev–Trinajstić information content (AvgIpc) is 2.38. The molecule has 0 aliphatic carbocycles. The van der Waals surface area contributed by atoms with E-state index in [0.29, 0.717) is 5.75 Å². The van der Waals surface area contributed by atoms with Crippen molar-refractivity contribution in [3.8, 4) is 11.5 Å². The SMILES string of the molecule is CCSCCC(C)NC(=O)c1ccc(OC)cc1O. The van der Waals surface area contributed by atoms with Crippen LogP contribution in [0, 0.1) is 0 Å². The minimum Gasteiger partial charge on any atom is -0.507 e. The Bertz CT molecular complexity index is 423. The van der Waals surface area contributed by atoms with Crippen molar-refractivity contribution in [1.82, 2.24) is 5.32 Å². The van der Waals surface area contributed by atoms with Crippen LogP contribution in [0.5, 0.6) is 11.5 Å². The number of phenols is 1. The normalized spacial score (nSPS) is 11.9. The number of ether oxygens (including phenoxy) is 1. The summed E-state index contributed by atoms with van der Waals surface area (Å²) in [5.41, 5.74) is 0.274. The Hall–Kier alpha value is -1.36. The molecule has 19 heavy (non-hydrogen) atoms. The summed E-state index contributed by atoms with van der Waals surface area (Å²) in [4.78, 5) is 12.0. The third kappa shape index (κ3) is 5.03. The van der Waals surface area contributed by atoms with Crippen LogP contribution in [0.2, 0.25) is 0 Å². The van der Waals surface area contributed by atoms with Crippen LogP contribution in [0.25, 0.3) is 0 Å². The maximum Gasteiger partial charge on any atom is 0.255 e. The predicted molar refractivity (Wildman–Crippen MR) is 79.2 cm³/mol. The fourth-order valence-electron chi connectivity index (χ4n) is 1.61. The lowest BCUT2D eigenvalue weighted by Crippen LogP contribution is -2.33. The smallest absolute Gasteiger partial charge is 0.255 e. The van der Waals surface area contributed by atoms with Crippen molar-refractivity contribution in [2.45, 2.75) is 26.3 Å². The standard InChI is InChI=1S/C14H21NO3S/c1-4-19-8-7-10(2)15-14(17)12-6-5-11(18-3)9-13(12)16/h5-6,9-10,16H,4,7-8H2,1-3H3,(H,15,17). The van der Waals surface area contributed by atoms with Gasteiger partial charge in [0.25, 0.3) is 5.91 Å². The summed E-state index contributed by atoms with van der Waals surface area (Å²) >= 11 is 1.85. The zero-order chi connectivity index (χ0) is 14.3. The number of hydrogen-bond acceptors (Lipinski definition) is 4. The molecule has 106 valence electrons. The van der Waals surface area contributed by atoms with Crippen molar-refractivity contribution < 1.29 is 14.6 Å². The number of methoxy groups -OCH3 is 1. The van der Waals surface area contributed by atoms with Crippen LogP contribution in [0.1, 0.15) is 30.6 Å². The van der Waals surface area contributed by atoms with Crippen LogP contribution in [0.3, 0.4) is 0 Å². The van der Waals surface area contributed by atoms with Crippen molar-refractivity contribution in [2.75, 3.05) is 18.6 Å². The number of hydrogen-bond donors (Lipinski definition) is 2. The molecule has 0 aliphatic heterocycles.